The highest BCUT2D eigenvalue weighted by molar-refractivity contribution is 6.31. The second kappa shape index (κ2) is 7.80. The predicted molar refractivity (Wildman–Crippen MR) is 91.3 cm³/mol. The topological polar surface area (TPSA) is 60.5 Å². The van der Waals surface area contributed by atoms with E-state index in [1.165, 1.54) is 19.2 Å². The van der Waals surface area contributed by atoms with Gasteiger partial charge in [0.2, 0.25) is 0 Å². The van der Waals surface area contributed by atoms with Crippen molar-refractivity contribution in [2.24, 2.45) is 5.92 Å². The number of carbonyl (C=O) groups excluding carboxylic acids is 1. The summed E-state index contributed by atoms with van der Waals surface area (Å²) in [6, 6.07) is 6.16. The molecule has 7 heteroatoms. The number of ether oxygens (including phenoxy) is 2. The first-order valence-corrected chi connectivity index (χ1v) is 8.32. The van der Waals surface area contributed by atoms with E-state index >= 15 is 0 Å². The van der Waals surface area contributed by atoms with Crippen LogP contribution in [0.25, 0.3) is 0 Å². The van der Waals surface area contributed by atoms with Crippen molar-refractivity contribution in [3.63, 3.8) is 0 Å². The third-order valence-electron chi connectivity index (χ3n) is 4.18. The summed E-state index contributed by atoms with van der Waals surface area (Å²) in [5, 5.41) is 3.68. The third-order valence-corrected chi connectivity index (χ3v) is 4.42. The number of aromatic nitrogens is 1. The van der Waals surface area contributed by atoms with Gasteiger partial charge in [0, 0.05) is 29.2 Å². The lowest BCUT2D eigenvalue weighted by Crippen LogP contribution is -2.22. The van der Waals surface area contributed by atoms with Crippen molar-refractivity contribution in [3.8, 4) is 5.75 Å². The highest BCUT2D eigenvalue weighted by Gasteiger charge is 2.30. The molecule has 1 aliphatic heterocycles. The fourth-order valence-electron chi connectivity index (χ4n) is 2.97. The molecule has 25 heavy (non-hydrogen) atoms. The van der Waals surface area contributed by atoms with Gasteiger partial charge in [-0.05, 0) is 37.2 Å². The Morgan fingerprint density at radius 1 is 1.40 bits per heavy atom. The van der Waals surface area contributed by atoms with Crippen LogP contribution in [0.4, 0.5) is 4.39 Å². The van der Waals surface area contributed by atoms with Gasteiger partial charge in [0.05, 0.1) is 13.3 Å². The number of nitrogens with one attached hydrogen (secondary N) is 1. The molecule has 1 saturated heterocycles. The molecule has 2 heterocycles. The van der Waals surface area contributed by atoms with E-state index in [-0.39, 0.29) is 11.5 Å². The molecule has 132 valence electrons. The van der Waals surface area contributed by atoms with Crippen molar-refractivity contribution in [2.75, 3.05) is 20.2 Å². The number of rotatable bonds is 5. The average Bonchev–Trinajstić information content (AvgIpc) is 3.14. The van der Waals surface area contributed by atoms with Gasteiger partial charge in [-0.1, -0.05) is 11.6 Å². The minimum atomic E-state index is -0.543. The Labute approximate surface area is 150 Å². The minimum Gasteiger partial charge on any atom is -0.484 e. The zero-order valence-corrected chi connectivity index (χ0v) is 14.4. The Balaban J connectivity index is 1.97. The van der Waals surface area contributed by atoms with Gasteiger partial charge in [-0.15, -0.1) is 0 Å². The second-order valence-electron chi connectivity index (χ2n) is 5.86. The van der Waals surface area contributed by atoms with E-state index < -0.39 is 17.9 Å². The highest BCUT2D eigenvalue weighted by Crippen LogP contribution is 2.34. The molecule has 5 nitrogen and oxygen atoms in total. The lowest BCUT2D eigenvalue weighted by atomic mass is 9.95. The molecule has 0 spiro atoms. The van der Waals surface area contributed by atoms with Crippen molar-refractivity contribution in [2.45, 2.75) is 12.5 Å². The smallest absolute Gasteiger partial charge is 0.341 e. The number of halogens is 2. The van der Waals surface area contributed by atoms with Crippen molar-refractivity contribution in [1.82, 2.24) is 10.3 Å². The number of hydrogen-bond donors (Lipinski definition) is 1. The number of pyridine rings is 1. The van der Waals surface area contributed by atoms with Gasteiger partial charge in [-0.3, -0.25) is 4.98 Å². The van der Waals surface area contributed by atoms with Crippen LogP contribution in [0, 0.1) is 11.7 Å². The van der Waals surface area contributed by atoms with E-state index in [0.29, 0.717) is 16.3 Å². The zero-order valence-electron chi connectivity index (χ0n) is 13.7. The van der Waals surface area contributed by atoms with Crippen LogP contribution in [0.2, 0.25) is 5.02 Å². The van der Waals surface area contributed by atoms with Gasteiger partial charge < -0.3 is 14.8 Å². The molecule has 1 aliphatic rings. The van der Waals surface area contributed by atoms with Gasteiger partial charge >= 0.3 is 5.97 Å². The number of carbonyl (C=O) groups is 1. The molecule has 0 bridgehead atoms. The van der Waals surface area contributed by atoms with Crippen molar-refractivity contribution < 1.29 is 18.7 Å². The van der Waals surface area contributed by atoms with E-state index in [1.54, 1.807) is 18.3 Å². The van der Waals surface area contributed by atoms with Crippen LogP contribution in [0.5, 0.6) is 5.75 Å². The van der Waals surface area contributed by atoms with Crippen LogP contribution in [-0.2, 0) is 4.74 Å². The van der Waals surface area contributed by atoms with Crippen LogP contribution >= 0.6 is 11.6 Å². The molecule has 1 aromatic carbocycles. The normalized spacial score (nSPS) is 18.0. The van der Waals surface area contributed by atoms with Gasteiger partial charge in [0.1, 0.15) is 23.2 Å². The lowest BCUT2D eigenvalue weighted by Gasteiger charge is -2.25. The number of benzene rings is 1. The van der Waals surface area contributed by atoms with E-state index in [9.17, 15) is 9.18 Å². The summed E-state index contributed by atoms with van der Waals surface area (Å²) in [6.45, 7) is 1.60. The molecule has 1 N–H and O–H groups in total. The molecular weight excluding hydrogens is 347 g/mol. The zero-order chi connectivity index (χ0) is 17.8. The van der Waals surface area contributed by atoms with Crippen LogP contribution in [0.3, 0.4) is 0 Å². The summed E-state index contributed by atoms with van der Waals surface area (Å²) in [6.07, 6.45) is 3.17. The standard InChI is InChI=1S/C18H18ClFN2O3/c1-24-18(23)15-7-13(19)2-3-16(15)25-17(11-4-5-21-8-11)12-6-14(20)10-22-9-12/h2-3,6-7,9-11,17,21H,4-5,8H2,1H3/t11-,17+/m1/s1. The van der Waals surface area contributed by atoms with Crippen LogP contribution in [0.1, 0.15) is 28.4 Å². The SMILES string of the molecule is COC(=O)c1cc(Cl)ccc1O[C@H](c1cncc(F)c1)[C@@H]1CCNC1. The van der Waals surface area contributed by atoms with E-state index in [1.807, 2.05) is 0 Å². The molecule has 1 aromatic heterocycles. The fourth-order valence-corrected chi connectivity index (χ4v) is 3.14. The van der Waals surface area contributed by atoms with Crippen LogP contribution in [0.15, 0.2) is 36.7 Å². The molecule has 1 fully saturated rings. The first kappa shape index (κ1) is 17.6. The molecule has 3 rings (SSSR count). The first-order valence-electron chi connectivity index (χ1n) is 7.94. The molecule has 2 atom stereocenters. The van der Waals surface area contributed by atoms with Gasteiger partial charge in [0.25, 0.3) is 0 Å². The molecule has 0 unspecified atom stereocenters. The number of nitrogens with zero attached hydrogens (tertiary/aromatic N) is 1. The third kappa shape index (κ3) is 4.08. The largest absolute Gasteiger partial charge is 0.484 e. The Hall–Kier alpha value is -2.18. The monoisotopic (exact) mass is 364 g/mol. The first-order chi connectivity index (χ1) is 12.1. The number of methoxy groups -OCH3 is 1. The Morgan fingerprint density at radius 3 is 2.92 bits per heavy atom. The number of hydrogen-bond acceptors (Lipinski definition) is 5. The molecule has 0 amide bonds. The summed E-state index contributed by atoms with van der Waals surface area (Å²) < 4.78 is 24.6. The van der Waals surface area contributed by atoms with Gasteiger partial charge in [0.15, 0.2) is 0 Å². The van der Waals surface area contributed by atoms with E-state index in [0.717, 1.165) is 25.7 Å². The number of esters is 1. The van der Waals surface area contributed by atoms with Gasteiger partial charge in [-0.25, -0.2) is 9.18 Å². The molecule has 0 saturated carbocycles. The quantitative estimate of drug-likeness (QED) is 0.824. The van der Waals surface area contributed by atoms with Crippen molar-refractivity contribution >= 4 is 17.6 Å². The Bertz CT molecular complexity index is 766. The minimum absolute atomic E-state index is 0.129. The second-order valence-corrected chi connectivity index (χ2v) is 6.30. The molecular formula is C18H18ClFN2O3. The summed E-state index contributed by atoms with van der Waals surface area (Å²) >= 11 is 5.99. The summed E-state index contributed by atoms with van der Waals surface area (Å²) in [7, 11) is 1.29. The van der Waals surface area contributed by atoms with E-state index in [2.05, 4.69) is 10.3 Å². The summed E-state index contributed by atoms with van der Waals surface area (Å²) in [5.74, 6) is -0.498. The predicted octanol–water partition coefficient (Wildman–Crippen LogP) is 3.39. The molecule has 0 radical (unpaired) electrons. The van der Waals surface area contributed by atoms with E-state index in [4.69, 9.17) is 21.1 Å². The summed E-state index contributed by atoms with van der Waals surface area (Å²) in [4.78, 5) is 16.0. The molecule has 2 aromatic rings. The van der Waals surface area contributed by atoms with Crippen LogP contribution in [-0.4, -0.2) is 31.2 Å². The maximum absolute atomic E-state index is 13.6. The maximum atomic E-state index is 13.6. The maximum Gasteiger partial charge on any atom is 0.341 e. The fraction of sp³-hybridized carbons (Fsp3) is 0.333. The highest BCUT2D eigenvalue weighted by atomic mass is 35.5. The average molecular weight is 365 g/mol. The lowest BCUT2D eigenvalue weighted by molar-refractivity contribution is 0.0588. The Kier molecular flexibility index (Phi) is 5.50. The van der Waals surface area contributed by atoms with Crippen LogP contribution < -0.4 is 10.1 Å². The van der Waals surface area contributed by atoms with Crippen molar-refractivity contribution in [1.29, 1.82) is 0 Å². The van der Waals surface area contributed by atoms with Crippen molar-refractivity contribution in [3.05, 3.63) is 58.6 Å². The summed E-state index contributed by atoms with van der Waals surface area (Å²) in [5.41, 5.74) is 0.856. The van der Waals surface area contributed by atoms with Gasteiger partial charge in [-0.2, -0.15) is 0 Å². The molecule has 0 aliphatic carbocycles. The Morgan fingerprint density at radius 2 is 2.24 bits per heavy atom.